The van der Waals surface area contributed by atoms with Crippen molar-refractivity contribution in [3.05, 3.63) is 23.8 Å². The summed E-state index contributed by atoms with van der Waals surface area (Å²) in [5, 5.41) is 21.8. The molecule has 17 heavy (non-hydrogen) atoms. The Morgan fingerprint density at radius 2 is 1.88 bits per heavy atom. The van der Waals surface area contributed by atoms with Gasteiger partial charge in [0.25, 0.3) is 5.91 Å². The summed E-state index contributed by atoms with van der Waals surface area (Å²) in [6.07, 6.45) is 1.60. The number of para-hydroxylation sites is 1. The van der Waals surface area contributed by atoms with Gasteiger partial charge in [-0.3, -0.25) is 4.79 Å². The molecule has 1 aromatic carbocycles. The van der Waals surface area contributed by atoms with Gasteiger partial charge >= 0.3 is 0 Å². The van der Waals surface area contributed by atoms with Crippen LogP contribution in [-0.2, 0) is 0 Å². The first-order chi connectivity index (χ1) is 7.93. The molecule has 0 aliphatic heterocycles. The van der Waals surface area contributed by atoms with E-state index in [2.05, 4.69) is 5.32 Å². The van der Waals surface area contributed by atoms with E-state index in [0.717, 1.165) is 12.8 Å². The molecular formula is C13H19NO3. The Morgan fingerprint density at radius 1 is 1.29 bits per heavy atom. The van der Waals surface area contributed by atoms with Gasteiger partial charge < -0.3 is 15.5 Å². The third-order valence-electron chi connectivity index (χ3n) is 3.24. The Balaban J connectivity index is 2.94. The van der Waals surface area contributed by atoms with E-state index in [9.17, 15) is 15.0 Å². The van der Waals surface area contributed by atoms with Gasteiger partial charge in [0.1, 0.15) is 0 Å². The fourth-order valence-corrected chi connectivity index (χ4v) is 1.48. The van der Waals surface area contributed by atoms with Crippen LogP contribution < -0.4 is 5.32 Å². The average Bonchev–Trinajstić information content (AvgIpc) is 2.32. The Morgan fingerprint density at radius 3 is 2.41 bits per heavy atom. The van der Waals surface area contributed by atoms with Crippen LogP contribution in [0.1, 0.15) is 44.0 Å². The van der Waals surface area contributed by atoms with Crippen LogP contribution in [0.4, 0.5) is 0 Å². The second-order valence-electron chi connectivity index (χ2n) is 4.40. The molecular weight excluding hydrogens is 218 g/mol. The summed E-state index contributed by atoms with van der Waals surface area (Å²) >= 11 is 0. The molecule has 0 aliphatic carbocycles. The SMILES string of the molecule is CCC(C)(CC)NC(=O)c1cccc(O)c1O. The minimum Gasteiger partial charge on any atom is -0.504 e. The summed E-state index contributed by atoms with van der Waals surface area (Å²) in [5.41, 5.74) is -0.201. The predicted octanol–water partition coefficient (Wildman–Crippen LogP) is 2.41. The molecule has 0 bridgehead atoms. The lowest BCUT2D eigenvalue weighted by atomic mass is 9.95. The first-order valence-corrected chi connectivity index (χ1v) is 5.77. The number of aromatic hydroxyl groups is 2. The highest BCUT2D eigenvalue weighted by Gasteiger charge is 2.24. The number of carbonyl (C=O) groups is 1. The fourth-order valence-electron chi connectivity index (χ4n) is 1.48. The zero-order chi connectivity index (χ0) is 13.1. The number of hydrogen-bond acceptors (Lipinski definition) is 3. The maximum absolute atomic E-state index is 12.0. The topological polar surface area (TPSA) is 69.6 Å². The van der Waals surface area contributed by atoms with Crippen LogP contribution in [0.5, 0.6) is 11.5 Å². The molecule has 1 rings (SSSR count). The van der Waals surface area contributed by atoms with Gasteiger partial charge in [-0.05, 0) is 31.9 Å². The van der Waals surface area contributed by atoms with Gasteiger partial charge in [-0.25, -0.2) is 0 Å². The van der Waals surface area contributed by atoms with Crippen molar-refractivity contribution in [3.8, 4) is 11.5 Å². The molecule has 4 nitrogen and oxygen atoms in total. The van der Waals surface area contributed by atoms with Crippen molar-refractivity contribution in [1.29, 1.82) is 0 Å². The van der Waals surface area contributed by atoms with E-state index in [-0.39, 0.29) is 28.5 Å². The molecule has 94 valence electrons. The van der Waals surface area contributed by atoms with Crippen molar-refractivity contribution in [3.63, 3.8) is 0 Å². The molecule has 0 saturated carbocycles. The van der Waals surface area contributed by atoms with Crippen molar-refractivity contribution in [1.82, 2.24) is 5.32 Å². The van der Waals surface area contributed by atoms with Gasteiger partial charge in [0.2, 0.25) is 0 Å². The molecule has 0 fully saturated rings. The van der Waals surface area contributed by atoms with Crippen LogP contribution in [0.3, 0.4) is 0 Å². The Labute approximate surface area is 101 Å². The largest absolute Gasteiger partial charge is 0.504 e. The van der Waals surface area contributed by atoms with Gasteiger partial charge in [-0.2, -0.15) is 0 Å². The van der Waals surface area contributed by atoms with E-state index in [1.54, 1.807) is 0 Å². The van der Waals surface area contributed by atoms with Crippen LogP contribution in [-0.4, -0.2) is 21.7 Å². The lowest BCUT2D eigenvalue weighted by Crippen LogP contribution is -2.44. The highest BCUT2D eigenvalue weighted by molar-refractivity contribution is 5.98. The molecule has 1 amide bonds. The highest BCUT2D eigenvalue weighted by Crippen LogP contribution is 2.28. The molecule has 4 heteroatoms. The van der Waals surface area contributed by atoms with Crippen LogP contribution in [0.2, 0.25) is 0 Å². The molecule has 0 heterocycles. The standard InChI is InChI=1S/C13H19NO3/c1-4-13(3,5-2)14-12(17)9-7-6-8-10(15)11(9)16/h6-8,15-16H,4-5H2,1-3H3,(H,14,17). The van der Waals surface area contributed by atoms with Crippen LogP contribution in [0.15, 0.2) is 18.2 Å². The van der Waals surface area contributed by atoms with E-state index in [1.165, 1.54) is 18.2 Å². The summed E-state index contributed by atoms with van der Waals surface area (Å²) in [4.78, 5) is 12.0. The first-order valence-electron chi connectivity index (χ1n) is 5.77. The summed E-state index contributed by atoms with van der Waals surface area (Å²) in [6.45, 7) is 5.93. The van der Waals surface area contributed by atoms with Crippen molar-refractivity contribution < 1.29 is 15.0 Å². The fraction of sp³-hybridized carbons (Fsp3) is 0.462. The molecule has 0 saturated heterocycles. The Bertz CT molecular complexity index is 411. The van der Waals surface area contributed by atoms with Crippen molar-refractivity contribution in [2.45, 2.75) is 39.2 Å². The molecule has 0 unspecified atom stereocenters. The lowest BCUT2D eigenvalue weighted by molar-refractivity contribution is 0.0897. The van der Waals surface area contributed by atoms with E-state index in [4.69, 9.17) is 0 Å². The van der Waals surface area contributed by atoms with E-state index >= 15 is 0 Å². The number of amides is 1. The van der Waals surface area contributed by atoms with Crippen LogP contribution in [0.25, 0.3) is 0 Å². The van der Waals surface area contributed by atoms with Gasteiger partial charge in [0, 0.05) is 5.54 Å². The van der Waals surface area contributed by atoms with Crippen molar-refractivity contribution >= 4 is 5.91 Å². The highest BCUT2D eigenvalue weighted by atomic mass is 16.3. The summed E-state index contributed by atoms with van der Waals surface area (Å²) < 4.78 is 0. The minimum atomic E-state index is -0.375. The number of rotatable bonds is 4. The molecule has 3 N–H and O–H groups in total. The average molecular weight is 237 g/mol. The first kappa shape index (κ1) is 13.4. The number of benzene rings is 1. The molecule has 0 aliphatic rings. The van der Waals surface area contributed by atoms with E-state index in [1.807, 2.05) is 20.8 Å². The maximum atomic E-state index is 12.0. The molecule has 0 atom stereocenters. The zero-order valence-corrected chi connectivity index (χ0v) is 10.4. The summed E-state index contributed by atoms with van der Waals surface area (Å²) in [5.74, 6) is -1.03. The van der Waals surface area contributed by atoms with Gasteiger partial charge in [-0.1, -0.05) is 19.9 Å². The second kappa shape index (κ2) is 5.08. The van der Waals surface area contributed by atoms with Crippen molar-refractivity contribution in [2.24, 2.45) is 0 Å². The van der Waals surface area contributed by atoms with Gasteiger partial charge in [0.05, 0.1) is 5.56 Å². The number of hydrogen-bond donors (Lipinski definition) is 3. The van der Waals surface area contributed by atoms with Crippen LogP contribution >= 0.6 is 0 Å². The predicted molar refractivity (Wildman–Crippen MR) is 66.2 cm³/mol. The zero-order valence-electron chi connectivity index (χ0n) is 10.4. The van der Waals surface area contributed by atoms with Crippen molar-refractivity contribution in [2.75, 3.05) is 0 Å². The molecule has 0 aromatic heterocycles. The van der Waals surface area contributed by atoms with Gasteiger partial charge in [0.15, 0.2) is 11.5 Å². The Kier molecular flexibility index (Phi) is 3.99. The van der Waals surface area contributed by atoms with Gasteiger partial charge in [-0.15, -0.1) is 0 Å². The molecule has 1 aromatic rings. The third-order valence-corrected chi connectivity index (χ3v) is 3.24. The normalized spacial score (nSPS) is 11.2. The third kappa shape index (κ3) is 2.90. The number of phenols is 2. The van der Waals surface area contributed by atoms with Crippen LogP contribution in [0, 0.1) is 0 Å². The quantitative estimate of drug-likeness (QED) is 0.704. The number of phenolic OH excluding ortho intramolecular Hbond substituents is 2. The molecule has 0 spiro atoms. The maximum Gasteiger partial charge on any atom is 0.255 e. The summed E-state index contributed by atoms with van der Waals surface area (Å²) in [7, 11) is 0. The number of carbonyl (C=O) groups excluding carboxylic acids is 1. The monoisotopic (exact) mass is 237 g/mol. The second-order valence-corrected chi connectivity index (χ2v) is 4.40. The Hall–Kier alpha value is -1.71. The lowest BCUT2D eigenvalue weighted by Gasteiger charge is -2.28. The minimum absolute atomic E-state index is 0.0955. The summed E-state index contributed by atoms with van der Waals surface area (Å²) in [6, 6.07) is 4.35. The molecule has 0 radical (unpaired) electrons. The van der Waals surface area contributed by atoms with E-state index < -0.39 is 0 Å². The number of nitrogens with one attached hydrogen (secondary N) is 1. The smallest absolute Gasteiger partial charge is 0.255 e. The van der Waals surface area contributed by atoms with E-state index in [0.29, 0.717) is 0 Å².